The summed E-state index contributed by atoms with van der Waals surface area (Å²) in [6.45, 7) is 4.21. The maximum atomic E-state index is 11.3. The minimum absolute atomic E-state index is 0.140. The van der Waals surface area contributed by atoms with Crippen LogP contribution in [0.1, 0.15) is 43.4 Å². The van der Waals surface area contributed by atoms with Gasteiger partial charge in [0.05, 0.1) is 20.8 Å². The van der Waals surface area contributed by atoms with Crippen molar-refractivity contribution < 1.29 is 19.0 Å². The van der Waals surface area contributed by atoms with Crippen molar-refractivity contribution in [3.8, 4) is 11.5 Å². The highest BCUT2D eigenvalue weighted by Gasteiger charge is 2.14. The molecular formula is C16H25NO4. The fraction of sp³-hybridized carbons (Fsp3) is 0.562. The van der Waals surface area contributed by atoms with Crippen molar-refractivity contribution in [2.45, 2.75) is 39.2 Å². The molecule has 0 amide bonds. The lowest BCUT2D eigenvalue weighted by molar-refractivity contribution is -0.143. The average molecular weight is 295 g/mol. The molecule has 1 atom stereocenters. The fourth-order valence-electron chi connectivity index (χ4n) is 2.25. The number of ether oxygens (including phenoxy) is 3. The van der Waals surface area contributed by atoms with E-state index in [9.17, 15) is 4.79 Å². The molecule has 0 radical (unpaired) electrons. The summed E-state index contributed by atoms with van der Waals surface area (Å²) in [6.07, 6.45) is 1.82. The van der Waals surface area contributed by atoms with Crippen LogP contribution in [0.4, 0.5) is 0 Å². The van der Waals surface area contributed by atoms with E-state index in [1.165, 1.54) is 0 Å². The summed E-state index contributed by atoms with van der Waals surface area (Å²) >= 11 is 0. The van der Waals surface area contributed by atoms with Gasteiger partial charge in [0.25, 0.3) is 0 Å². The Kier molecular flexibility index (Phi) is 7.02. The van der Waals surface area contributed by atoms with Gasteiger partial charge in [-0.05, 0) is 49.9 Å². The van der Waals surface area contributed by atoms with Crippen LogP contribution in [0.25, 0.3) is 0 Å². The standard InChI is InChI=1S/C16H25NO4/c1-5-21-16(18)8-6-7-13(17)12-10-15(20-4)14(19-3)9-11(12)2/h9-10,13H,5-8,17H2,1-4H3. The van der Waals surface area contributed by atoms with Gasteiger partial charge < -0.3 is 19.9 Å². The van der Waals surface area contributed by atoms with Crippen LogP contribution in [0, 0.1) is 6.92 Å². The maximum absolute atomic E-state index is 11.3. The molecule has 0 bridgehead atoms. The third-order valence-corrected chi connectivity index (χ3v) is 3.37. The van der Waals surface area contributed by atoms with E-state index in [4.69, 9.17) is 19.9 Å². The van der Waals surface area contributed by atoms with Crippen molar-refractivity contribution in [1.82, 2.24) is 0 Å². The van der Waals surface area contributed by atoms with Crippen molar-refractivity contribution in [3.63, 3.8) is 0 Å². The first kappa shape index (κ1) is 17.3. The zero-order chi connectivity index (χ0) is 15.8. The monoisotopic (exact) mass is 295 g/mol. The van der Waals surface area contributed by atoms with Crippen molar-refractivity contribution in [2.24, 2.45) is 5.73 Å². The van der Waals surface area contributed by atoms with Crippen LogP contribution in [0.3, 0.4) is 0 Å². The number of carbonyl (C=O) groups excluding carboxylic acids is 1. The van der Waals surface area contributed by atoms with Crippen LogP contribution in [-0.4, -0.2) is 26.8 Å². The van der Waals surface area contributed by atoms with Gasteiger partial charge in [0, 0.05) is 12.5 Å². The number of nitrogens with two attached hydrogens (primary N) is 1. The Morgan fingerprint density at radius 3 is 2.43 bits per heavy atom. The van der Waals surface area contributed by atoms with Gasteiger partial charge in [-0.2, -0.15) is 0 Å². The summed E-state index contributed by atoms with van der Waals surface area (Å²) in [5, 5.41) is 0. The summed E-state index contributed by atoms with van der Waals surface area (Å²) in [5.41, 5.74) is 8.29. The Hall–Kier alpha value is -1.75. The summed E-state index contributed by atoms with van der Waals surface area (Å²) in [6, 6.07) is 3.68. The summed E-state index contributed by atoms with van der Waals surface area (Å²) in [4.78, 5) is 11.3. The quantitative estimate of drug-likeness (QED) is 0.747. The van der Waals surface area contributed by atoms with Crippen LogP contribution >= 0.6 is 0 Å². The average Bonchev–Trinajstić information content (AvgIpc) is 2.46. The molecule has 1 aromatic rings. The molecule has 0 heterocycles. The first-order chi connectivity index (χ1) is 10.0. The number of benzene rings is 1. The number of aryl methyl sites for hydroxylation is 1. The highest BCUT2D eigenvalue weighted by atomic mass is 16.5. The third-order valence-electron chi connectivity index (χ3n) is 3.37. The van der Waals surface area contributed by atoms with Gasteiger partial charge in [-0.1, -0.05) is 0 Å². The van der Waals surface area contributed by atoms with Crippen LogP contribution in [0.5, 0.6) is 11.5 Å². The summed E-state index contributed by atoms with van der Waals surface area (Å²) in [5.74, 6) is 1.19. The lowest BCUT2D eigenvalue weighted by atomic mass is 9.97. The van der Waals surface area contributed by atoms with Crippen LogP contribution < -0.4 is 15.2 Å². The molecule has 1 rings (SSSR count). The fourth-order valence-corrected chi connectivity index (χ4v) is 2.25. The van der Waals surface area contributed by atoms with Crippen molar-refractivity contribution in [3.05, 3.63) is 23.3 Å². The lowest BCUT2D eigenvalue weighted by Crippen LogP contribution is -2.13. The Bertz CT molecular complexity index is 474. The van der Waals surface area contributed by atoms with Gasteiger partial charge in [-0.25, -0.2) is 0 Å². The molecule has 0 aromatic heterocycles. The van der Waals surface area contributed by atoms with Crippen LogP contribution in [0.2, 0.25) is 0 Å². The summed E-state index contributed by atoms with van der Waals surface area (Å²) < 4.78 is 15.5. The predicted octanol–water partition coefficient (Wildman–Crippen LogP) is 2.75. The Labute approximate surface area is 126 Å². The van der Waals surface area contributed by atoms with E-state index >= 15 is 0 Å². The molecule has 0 spiro atoms. The Morgan fingerprint density at radius 2 is 1.86 bits per heavy atom. The Balaban J connectivity index is 2.69. The molecule has 0 aliphatic carbocycles. The van der Waals surface area contributed by atoms with Gasteiger partial charge in [0.15, 0.2) is 11.5 Å². The van der Waals surface area contributed by atoms with Crippen molar-refractivity contribution >= 4 is 5.97 Å². The van der Waals surface area contributed by atoms with E-state index in [1.807, 2.05) is 19.1 Å². The van der Waals surface area contributed by atoms with Crippen LogP contribution in [0.15, 0.2) is 12.1 Å². The Morgan fingerprint density at radius 1 is 1.24 bits per heavy atom. The van der Waals surface area contributed by atoms with Gasteiger partial charge in [0.2, 0.25) is 0 Å². The maximum Gasteiger partial charge on any atom is 0.305 e. The number of hydrogen-bond acceptors (Lipinski definition) is 5. The topological polar surface area (TPSA) is 70.8 Å². The first-order valence-corrected chi connectivity index (χ1v) is 7.17. The predicted molar refractivity (Wildman–Crippen MR) is 81.7 cm³/mol. The molecule has 118 valence electrons. The van der Waals surface area contributed by atoms with E-state index in [0.717, 1.165) is 17.5 Å². The molecule has 0 saturated heterocycles. The number of carbonyl (C=O) groups is 1. The number of rotatable bonds is 8. The number of methoxy groups -OCH3 is 2. The smallest absolute Gasteiger partial charge is 0.305 e. The molecule has 0 fully saturated rings. The largest absolute Gasteiger partial charge is 0.493 e. The first-order valence-electron chi connectivity index (χ1n) is 7.17. The van der Waals surface area contributed by atoms with E-state index < -0.39 is 0 Å². The minimum atomic E-state index is -0.172. The van der Waals surface area contributed by atoms with Crippen LogP contribution in [-0.2, 0) is 9.53 Å². The van der Waals surface area contributed by atoms with Crippen molar-refractivity contribution in [2.75, 3.05) is 20.8 Å². The molecule has 2 N–H and O–H groups in total. The van der Waals surface area contributed by atoms with E-state index in [2.05, 4.69) is 0 Å². The molecule has 0 aliphatic heterocycles. The highest BCUT2D eigenvalue weighted by Crippen LogP contribution is 2.33. The molecular weight excluding hydrogens is 270 g/mol. The molecule has 0 saturated carbocycles. The van der Waals surface area contributed by atoms with Gasteiger partial charge in [-0.3, -0.25) is 4.79 Å². The molecule has 1 aromatic carbocycles. The van der Waals surface area contributed by atoms with E-state index in [0.29, 0.717) is 30.9 Å². The highest BCUT2D eigenvalue weighted by molar-refractivity contribution is 5.69. The zero-order valence-electron chi connectivity index (χ0n) is 13.3. The zero-order valence-corrected chi connectivity index (χ0v) is 13.3. The van der Waals surface area contributed by atoms with E-state index in [1.54, 1.807) is 21.1 Å². The van der Waals surface area contributed by atoms with Gasteiger partial charge in [0.1, 0.15) is 0 Å². The summed E-state index contributed by atoms with van der Waals surface area (Å²) in [7, 11) is 3.21. The molecule has 5 nitrogen and oxygen atoms in total. The minimum Gasteiger partial charge on any atom is -0.493 e. The SMILES string of the molecule is CCOC(=O)CCCC(N)c1cc(OC)c(OC)cc1C. The third kappa shape index (κ3) is 4.93. The second-order valence-electron chi connectivity index (χ2n) is 4.87. The molecule has 5 heteroatoms. The second kappa shape index (κ2) is 8.52. The lowest BCUT2D eigenvalue weighted by Gasteiger charge is -2.17. The number of esters is 1. The molecule has 1 unspecified atom stereocenters. The van der Waals surface area contributed by atoms with E-state index in [-0.39, 0.29) is 12.0 Å². The van der Waals surface area contributed by atoms with Crippen molar-refractivity contribution in [1.29, 1.82) is 0 Å². The van der Waals surface area contributed by atoms with Gasteiger partial charge >= 0.3 is 5.97 Å². The second-order valence-corrected chi connectivity index (χ2v) is 4.87. The normalized spacial score (nSPS) is 11.9. The molecule has 0 aliphatic rings. The van der Waals surface area contributed by atoms with Gasteiger partial charge in [-0.15, -0.1) is 0 Å². The molecule has 21 heavy (non-hydrogen) atoms. The number of hydrogen-bond donors (Lipinski definition) is 1.